The second kappa shape index (κ2) is 6.44. The first kappa shape index (κ1) is 15.0. The van der Waals surface area contributed by atoms with Crippen molar-refractivity contribution in [3.8, 4) is 0 Å². The molecule has 0 aromatic heterocycles. The van der Waals surface area contributed by atoms with E-state index in [0.717, 1.165) is 13.0 Å². The highest BCUT2D eigenvalue weighted by molar-refractivity contribution is 6.00. The molecule has 0 radical (unpaired) electrons. The van der Waals surface area contributed by atoms with Crippen LogP contribution in [0.15, 0.2) is 0 Å². The van der Waals surface area contributed by atoms with Crippen LogP contribution < -0.4 is 10.6 Å². The fourth-order valence-electron chi connectivity index (χ4n) is 4.25. The quantitative estimate of drug-likeness (QED) is 0.763. The van der Waals surface area contributed by atoms with Crippen molar-refractivity contribution in [2.24, 2.45) is 5.92 Å². The summed E-state index contributed by atoms with van der Waals surface area (Å²) in [5.41, 5.74) is 0. The van der Waals surface area contributed by atoms with Crippen LogP contribution in [-0.4, -0.2) is 48.4 Å². The van der Waals surface area contributed by atoms with E-state index < -0.39 is 0 Å². The van der Waals surface area contributed by atoms with E-state index in [4.69, 9.17) is 0 Å². The van der Waals surface area contributed by atoms with E-state index in [9.17, 15) is 9.59 Å². The molecule has 1 saturated carbocycles. The number of likely N-dealkylation sites (tertiary alicyclic amines) is 1. The van der Waals surface area contributed by atoms with Crippen LogP contribution in [0.2, 0.25) is 0 Å². The summed E-state index contributed by atoms with van der Waals surface area (Å²) >= 11 is 0. The van der Waals surface area contributed by atoms with E-state index in [2.05, 4.69) is 10.6 Å². The van der Waals surface area contributed by atoms with Gasteiger partial charge < -0.3 is 10.6 Å². The summed E-state index contributed by atoms with van der Waals surface area (Å²) in [4.78, 5) is 25.1. The molecule has 1 aliphatic carbocycles. The zero-order valence-corrected chi connectivity index (χ0v) is 12.9. The van der Waals surface area contributed by atoms with E-state index >= 15 is 0 Å². The Morgan fingerprint density at radius 2 is 1.90 bits per heavy atom. The van der Waals surface area contributed by atoms with Crippen LogP contribution >= 0.6 is 0 Å². The molecule has 3 fully saturated rings. The van der Waals surface area contributed by atoms with Gasteiger partial charge in [0.05, 0.1) is 6.04 Å². The molecule has 118 valence electrons. The maximum absolute atomic E-state index is 12.3. The van der Waals surface area contributed by atoms with Crippen molar-refractivity contribution in [3.63, 3.8) is 0 Å². The van der Waals surface area contributed by atoms with Crippen LogP contribution in [0.5, 0.6) is 0 Å². The second-order valence-electron chi connectivity index (χ2n) is 6.81. The van der Waals surface area contributed by atoms with Gasteiger partial charge >= 0.3 is 0 Å². The van der Waals surface area contributed by atoms with Crippen LogP contribution in [0.25, 0.3) is 0 Å². The van der Waals surface area contributed by atoms with Crippen molar-refractivity contribution in [1.29, 1.82) is 0 Å². The third kappa shape index (κ3) is 3.14. The maximum Gasteiger partial charge on any atom is 0.246 e. The molecule has 2 N–H and O–H groups in total. The largest absolute Gasteiger partial charge is 0.314 e. The highest BCUT2D eigenvalue weighted by Crippen LogP contribution is 2.31. The van der Waals surface area contributed by atoms with Gasteiger partial charge in [-0.05, 0) is 44.6 Å². The molecule has 2 heterocycles. The lowest BCUT2D eigenvalue weighted by molar-refractivity contribution is -0.148. The summed E-state index contributed by atoms with van der Waals surface area (Å²) in [7, 11) is 1.61. The normalized spacial score (nSPS) is 38.0. The predicted octanol–water partition coefficient (Wildman–Crippen LogP) is 1.03. The minimum absolute atomic E-state index is 0.0456. The average molecular weight is 293 g/mol. The highest BCUT2D eigenvalue weighted by atomic mass is 16.2. The molecule has 2 saturated heterocycles. The van der Waals surface area contributed by atoms with Crippen molar-refractivity contribution in [1.82, 2.24) is 15.5 Å². The number of likely N-dealkylation sites (N-methyl/N-ethyl adjacent to an activating group) is 1. The molecule has 4 unspecified atom stereocenters. The SMILES string of the molecule is CN1C(=O)CCC(NC2CCCCC2C2CCCN2)C1=O. The number of carbonyl (C=O) groups is 2. The Morgan fingerprint density at radius 3 is 2.67 bits per heavy atom. The fraction of sp³-hybridized carbons (Fsp3) is 0.875. The number of carbonyl (C=O) groups excluding carboxylic acids is 2. The average Bonchev–Trinajstić information content (AvgIpc) is 3.02. The number of hydrogen-bond donors (Lipinski definition) is 2. The van der Waals surface area contributed by atoms with Crippen molar-refractivity contribution in [2.45, 2.75) is 69.5 Å². The Bertz CT molecular complexity index is 406. The van der Waals surface area contributed by atoms with Crippen LogP contribution in [0, 0.1) is 5.92 Å². The van der Waals surface area contributed by atoms with Gasteiger partial charge in [0.1, 0.15) is 0 Å². The molecule has 0 bridgehead atoms. The van der Waals surface area contributed by atoms with Crippen molar-refractivity contribution in [3.05, 3.63) is 0 Å². The summed E-state index contributed by atoms with van der Waals surface area (Å²) in [6.45, 7) is 1.13. The molecule has 5 heteroatoms. The molecule has 0 aromatic carbocycles. The Balaban J connectivity index is 1.64. The predicted molar refractivity (Wildman–Crippen MR) is 80.7 cm³/mol. The lowest BCUT2D eigenvalue weighted by atomic mass is 9.78. The molecule has 2 aliphatic heterocycles. The van der Waals surface area contributed by atoms with E-state index in [1.54, 1.807) is 7.05 Å². The number of amides is 2. The topological polar surface area (TPSA) is 61.4 Å². The van der Waals surface area contributed by atoms with Gasteiger partial charge in [-0.2, -0.15) is 0 Å². The minimum atomic E-state index is -0.167. The van der Waals surface area contributed by atoms with Gasteiger partial charge in [0.2, 0.25) is 11.8 Å². The fourth-order valence-corrected chi connectivity index (χ4v) is 4.25. The Hall–Kier alpha value is -0.940. The van der Waals surface area contributed by atoms with Crippen molar-refractivity contribution in [2.75, 3.05) is 13.6 Å². The summed E-state index contributed by atoms with van der Waals surface area (Å²) < 4.78 is 0. The van der Waals surface area contributed by atoms with Gasteiger partial charge in [-0.25, -0.2) is 0 Å². The van der Waals surface area contributed by atoms with E-state index in [1.165, 1.54) is 37.0 Å². The molecular weight excluding hydrogens is 266 g/mol. The highest BCUT2D eigenvalue weighted by Gasteiger charge is 2.38. The van der Waals surface area contributed by atoms with E-state index in [0.29, 0.717) is 30.8 Å². The molecular formula is C16H27N3O2. The molecule has 5 nitrogen and oxygen atoms in total. The lowest BCUT2D eigenvalue weighted by Gasteiger charge is -2.39. The number of imide groups is 1. The first-order valence-electron chi connectivity index (χ1n) is 8.46. The molecule has 21 heavy (non-hydrogen) atoms. The second-order valence-corrected chi connectivity index (χ2v) is 6.81. The van der Waals surface area contributed by atoms with Crippen LogP contribution in [-0.2, 0) is 9.59 Å². The third-order valence-corrected chi connectivity index (χ3v) is 5.50. The minimum Gasteiger partial charge on any atom is -0.314 e. The molecule has 3 rings (SSSR count). The lowest BCUT2D eigenvalue weighted by Crippen LogP contribution is -2.57. The number of nitrogens with zero attached hydrogens (tertiary/aromatic N) is 1. The van der Waals surface area contributed by atoms with Gasteiger partial charge in [0, 0.05) is 25.6 Å². The smallest absolute Gasteiger partial charge is 0.246 e. The van der Waals surface area contributed by atoms with Gasteiger partial charge in [-0.15, -0.1) is 0 Å². The summed E-state index contributed by atoms with van der Waals surface area (Å²) in [5, 5.41) is 7.23. The zero-order chi connectivity index (χ0) is 14.8. The van der Waals surface area contributed by atoms with Crippen molar-refractivity contribution >= 4 is 11.8 Å². The number of rotatable bonds is 3. The van der Waals surface area contributed by atoms with Crippen molar-refractivity contribution < 1.29 is 9.59 Å². The summed E-state index contributed by atoms with van der Waals surface area (Å²) in [5.74, 6) is 0.544. The number of hydrogen-bond acceptors (Lipinski definition) is 4. The van der Waals surface area contributed by atoms with Gasteiger partial charge in [0.25, 0.3) is 0 Å². The molecule has 2 amide bonds. The molecule has 0 spiro atoms. The summed E-state index contributed by atoms with van der Waals surface area (Å²) in [6, 6.07) is 0.866. The molecule has 4 atom stereocenters. The van der Waals surface area contributed by atoms with Crippen LogP contribution in [0.3, 0.4) is 0 Å². The molecule has 0 aromatic rings. The van der Waals surface area contributed by atoms with E-state index in [1.807, 2.05) is 0 Å². The summed E-state index contributed by atoms with van der Waals surface area (Å²) in [6.07, 6.45) is 8.64. The number of nitrogens with one attached hydrogen (secondary N) is 2. The monoisotopic (exact) mass is 293 g/mol. The van der Waals surface area contributed by atoms with Crippen LogP contribution in [0.1, 0.15) is 51.4 Å². The Kier molecular flexibility index (Phi) is 4.60. The standard InChI is InChI=1S/C16H27N3O2/c1-19-15(20)9-8-14(16(19)21)18-13-6-3-2-5-11(13)12-7-4-10-17-12/h11-14,17-18H,2-10H2,1H3. The zero-order valence-electron chi connectivity index (χ0n) is 12.9. The van der Waals surface area contributed by atoms with E-state index in [-0.39, 0.29) is 17.9 Å². The maximum atomic E-state index is 12.3. The molecule has 3 aliphatic rings. The Morgan fingerprint density at radius 1 is 1.10 bits per heavy atom. The third-order valence-electron chi connectivity index (χ3n) is 5.50. The van der Waals surface area contributed by atoms with Gasteiger partial charge in [-0.3, -0.25) is 14.5 Å². The van der Waals surface area contributed by atoms with Gasteiger partial charge in [-0.1, -0.05) is 12.8 Å². The first-order valence-corrected chi connectivity index (χ1v) is 8.46. The Labute approximate surface area is 126 Å². The van der Waals surface area contributed by atoms with Gasteiger partial charge in [0.15, 0.2) is 0 Å². The van der Waals surface area contributed by atoms with Crippen LogP contribution in [0.4, 0.5) is 0 Å². The first-order chi connectivity index (χ1) is 10.2. The number of piperidine rings is 1.